The van der Waals surface area contributed by atoms with Crippen LogP contribution in [0.25, 0.3) is 0 Å². The molecule has 6 N–H and O–H groups in total. The molecule has 7 nitrogen and oxygen atoms in total. The molecule has 3 rings (SSSR count). The number of hydrogen-bond donors (Lipinski definition) is 4. The van der Waals surface area contributed by atoms with Crippen molar-refractivity contribution in [2.45, 2.75) is 12.8 Å². The van der Waals surface area contributed by atoms with E-state index in [2.05, 4.69) is 26.2 Å². The Labute approximate surface area is 139 Å². The van der Waals surface area contributed by atoms with E-state index in [4.69, 9.17) is 16.7 Å². The van der Waals surface area contributed by atoms with Gasteiger partial charge in [0, 0.05) is 0 Å². The van der Waals surface area contributed by atoms with Gasteiger partial charge in [-0.15, -0.1) is 24.8 Å². The molecule has 118 valence electrons. The first kappa shape index (κ1) is 17.8. The smallest absolute Gasteiger partial charge is 0.200 e. The number of nitrogens with zero attached hydrogens (tertiary/aromatic N) is 3. The van der Waals surface area contributed by atoms with Crippen LogP contribution in [0.15, 0.2) is 34.4 Å². The van der Waals surface area contributed by atoms with E-state index >= 15 is 0 Å². The van der Waals surface area contributed by atoms with Gasteiger partial charge in [0.2, 0.25) is 0 Å². The number of hydrogen-bond acceptors (Lipinski definition) is 5. The fraction of sp³-hybridized carbons (Fsp3) is 0.154. The predicted molar refractivity (Wildman–Crippen MR) is 91.0 cm³/mol. The summed E-state index contributed by atoms with van der Waals surface area (Å²) in [7, 11) is 0. The van der Waals surface area contributed by atoms with Crippen molar-refractivity contribution in [1.29, 1.82) is 0 Å². The second-order valence-corrected chi connectivity index (χ2v) is 4.52. The number of aromatic nitrogens is 2. The molecule has 0 saturated carbocycles. The molecule has 0 amide bonds. The number of oxime groups is 1. The van der Waals surface area contributed by atoms with Crippen LogP contribution in [0.1, 0.15) is 23.2 Å². The molecule has 1 aliphatic rings. The highest BCUT2D eigenvalue weighted by molar-refractivity contribution is 6.07. The van der Waals surface area contributed by atoms with Crippen LogP contribution >= 0.6 is 24.8 Å². The van der Waals surface area contributed by atoms with Gasteiger partial charge in [-0.3, -0.25) is 0 Å². The van der Waals surface area contributed by atoms with Gasteiger partial charge in [-0.1, -0.05) is 29.4 Å². The molecule has 1 aromatic heterocycles. The lowest BCUT2D eigenvalue weighted by atomic mass is 10.1. The molecule has 9 heteroatoms. The summed E-state index contributed by atoms with van der Waals surface area (Å²) >= 11 is 0. The summed E-state index contributed by atoms with van der Waals surface area (Å²) in [6, 6.07) is 8.10. The Balaban J connectivity index is 0.00000121. The van der Waals surface area contributed by atoms with E-state index in [9.17, 15) is 0 Å². The number of rotatable bonds is 2. The van der Waals surface area contributed by atoms with Crippen LogP contribution in [0.3, 0.4) is 0 Å². The standard InChI is InChI=1S/C13H14N6O.2ClH/c14-11(19-20)10-12(18-13(15)17-10)16-9-6-5-7-3-1-2-4-8(7)9;;/h1-4,20H,5-6H2,(H2,14,19)(H3,15,17,18);2*1H. The summed E-state index contributed by atoms with van der Waals surface area (Å²) in [5.41, 5.74) is 14.8. The quantitative estimate of drug-likeness (QED) is 0.288. The first-order valence-corrected chi connectivity index (χ1v) is 6.18. The molecule has 0 radical (unpaired) electrons. The highest BCUT2D eigenvalue weighted by Gasteiger charge is 2.19. The summed E-state index contributed by atoms with van der Waals surface area (Å²) < 4.78 is 0. The predicted octanol–water partition coefficient (Wildman–Crippen LogP) is 2.00. The number of nitrogens with one attached hydrogen (secondary N) is 1. The van der Waals surface area contributed by atoms with Crippen molar-refractivity contribution >= 4 is 48.1 Å². The van der Waals surface area contributed by atoms with Crippen molar-refractivity contribution in [2.24, 2.45) is 15.9 Å². The minimum atomic E-state index is -0.0974. The molecule has 0 aliphatic heterocycles. The van der Waals surface area contributed by atoms with Gasteiger partial charge in [-0.25, -0.2) is 4.99 Å². The number of fused-ring (bicyclic) bond motifs is 1. The van der Waals surface area contributed by atoms with Gasteiger partial charge in [-0.2, -0.15) is 4.98 Å². The molecule has 0 spiro atoms. The van der Waals surface area contributed by atoms with Crippen molar-refractivity contribution in [2.75, 3.05) is 5.73 Å². The molecule has 1 aliphatic carbocycles. The number of amidine groups is 1. The fourth-order valence-corrected chi connectivity index (χ4v) is 2.34. The summed E-state index contributed by atoms with van der Waals surface area (Å²) in [5, 5.41) is 11.7. The Bertz CT molecular complexity index is 725. The molecule has 22 heavy (non-hydrogen) atoms. The Morgan fingerprint density at radius 1 is 1.23 bits per heavy atom. The number of H-pyrrole nitrogens is 1. The Hall–Kier alpha value is -2.25. The lowest BCUT2D eigenvalue weighted by Crippen LogP contribution is -2.14. The minimum Gasteiger partial charge on any atom is -0.409 e. The SMILES string of the molecule is Cl.Cl.NC(=NO)c1[nH]c(N)nc1N=C1CCc2ccccc21. The largest absolute Gasteiger partial charge is 0.409 e. The van der Waals surface area contributed by atoms with Crippen molar-refractivity contribution in [1.82, 2.24) is 9.97 Å². The maximum absolute atomic E-state index is 8.77. The monoisotopic (exact) mass is 342 g/mol. The van der Waals surface area contributed by atoms with Crippen LogP contribution in [0.4, 0.5) is 11.8 Å². The van der Waals surface area contributed by atoms with Crippen molar-refractivity contribution < 1.29 is 5.21 Å². The zero-order chi connectivity index (χ0) is 14.1. The highest BCUT2D eigenvalue weighted by atomic mass is 35.5. The molecule has 0 unspecified atom stereocenters. The zero-order valence-electron chi connectivity index (χ0n) is 11.5. The Morgan fingerprint density at radius 2 is 1.95 bits per heavy atom. The van der Waals surface area contributed by atoms with Gasteiger partial charge in [0.05, 0.1) is 5.71 Å². The van der Waals surface area contributed by atoms with E-state index in [1.54, 1.807) is 0 Å². The van der Waals surface area contributed by atoms with Crippen LogP contribution in [0.5, 0.6) is 0 Å². The van der Waals surface area contributed by atoms with Crippen molar-refractivity contribution in [3.8, 4) is 0 Å². The molecule has 0 atom stereocenters. The number of aryl methyl sites for hydroxylation is 1. The van der Waals surface area contributed by atoms with Crippen LogP contribution < -0.4 is 11.5 Å². The van der Waals surface area contributed by atoms with E-state index < -0.39 is 0 Å². The van der Waals surface area contributed by atoms with Crippen molar-refractivity contribution in [3.05, 3.63) is 41.1 Å². The third-order valence-corrected chi connectivity index (χ3v) is 3.27. The number of imidazole rings is 1. The van der Waals surface area contributed by atoms with E-state index in [1.165, 1.54) is 5.56 Å². The normalized spacial score (nSPS) is 15.1. The maximum Gasteiger partial charge on any atom is 0.200 e. The molecule has 0 saturated heterocycles. The summed E-state index contributed by atoms with van der Waals surface area (Å²) in [5.74, 6) is 0.418. The summed E-state index contributed by atoms with van der Waals surface area (Å²) in [6.07, 6.45) is 1.79. The molecule has 1 heterocycles. The van der Waals surface area contributed by atoms with Gasteiger partial charge >= 0.3 is 0 Å². The zero-order valence-corrected chi connectivity index (χ0v) is 13.1. The average molecular weight is 343 g/mol. The minimum absolute atomic E-state index is 0. The molecule has 0 fully saturated rings. The Kier molecular flexibility index (Phi) is 5.78. The third-order valence-electron chi connectivity index (χ3n) is 3.27. The first-order valence-electron chi connectivity index (χ1n) is 6.18. The molecule has 0 bridgehead atoms. The topological polar surface area (TPSA) is 126 Å². The number of aromatic amines is 1. The molecular formula is C13H16Cl2N6O. The van der Waals surface area contributed by atoms with Gasteiger partial charge in [0.1, 0.15) is 5.69 Å². The first-order chi connectivity index (χ1) is 9.69. The van der Waals surface area contributed by atoms with Gasteiger partial charge in [0.25, 0.3) is 0 Å². The van der Waals surface area contributed by atoms with Crippen LogP contribution in [0.2, 0.25) is 0 Å². The van der Waals surface area contributed by atoms with Gasteiger partial charge in [0.15, 0.2) is 17.6 Å². The van der Waals surface area contributed by atoms with E-state index in [0.29, 0.717) is 11.5 Å². The fourth-order valence-electron chi connectivity index (χ4n) is 2.34. The number of aliphatic imine (C=N–C) groups is 1. The van der Waals surface area contributed by atoms with E-state index in [0.717, 1.165) is 24.1 Å². The molecule has 1 aromatic carbocycles. The van der Waals surface area contributed by atoms with Crippen LogP contribution in [0, 0.1) is 0 Å². The summed E-state index contributed by atoms with van der Waals surface area (Å²) in [6.45, 7) is 0. The Morgan fingerprint density at radius 3 is 2.68 bits per heavy atom. The van der Waals surface area contributed by atoms with Gasteiger partial charge < -0.3 is 21.7 Å². The molecule has 2 aromatic rings. The number of nitrogens with two attached hydrogens (primary N) is 2. The lowest BCUT2D eigenvalue weighted by Gasteiger charge is -2.00. The third kappa shape index (κ3) is 3.15. The second kappa shape index (κ2) is 7.15. The number of halogens is 2. The lowest BCUT2D eigenvalue weighted by molar-refractivity contribution is 0.318. The number of nitrogen functional groups attached to an aromatic ring is 1. The van der Waals surface area contributed by atoms with Crippen molar-refractivity contribution in [3.63, 3.8) is 0 Å². The van der Waals surface area contributed by atoms with E-state index in [1.807, 2.05) is 18.2 Å². The number of benzene rings is 1. The number of anilines is 1. The van der Waals surface area contributed by atoms with Crippen LogP contribution in [-0.4, -0.2) is 26.7 Å². The average Bonchev–Trinajstić information content (AvgIpc) is 3.03. The second-order valence-electron chi connectivity index (χ2n) is 4.52. The van der Waals surface area contributed by atoms with Gasteiger partial charge in [-0.05, 0) is 24.0 Å². The molecular weight excluding hydrogens is 327 g/mol. The van der Waals surface area contributed by atoms with E-state index in [-0.39, 0.29) is 36.6 Å². The maximum atomic E-state index is 8.77. The highest BCUT2D eigenvalue weighted by Crippen LogP contribution is 2.26. The summed E-state index contributed by atoms with van der Waals surface area (Å²) in [4.78, 5) is 11.3. The van der Waals surface area contributed by atoms with Crippen LogP contribution in [-0.2, 0) is 6.42 Å².